The molecule has 0 atom stereocenters. The fourth-order valence-electron chi connectivity index (χ4n) is 0.846. The van der Waals surface area contributed by atoms with Gasteiger partial charge in [0.1, 0.15) is 0 Å². The highest BCUT2D eigenvalue weighted by molar-refractivity contribution is 8.93. The summed E-state index contributed by atoms with van der Waals surface area (Å²) in [5.41, 5.74) is 1.26. The van der Waals surface area contributed by atoms with E-state index in [9.17, 15) is 0 Å². The molecule has 1 aromatic carbocycles. The van der Waals surface area contributed by atoms with Crippen LogP contribution in [0, 0.1) is 0 Å². The smallest absolute Gasteiger partial charge is 0.0322 e. The summed E-state index contributed by atoms with van der Waals surface area (Å²) in [6.45, 7) is 4.18. The predicted molar refractivity (Wildman–Crippen MR) is 58.8 cm³/mol. The van der Waals surface area contributed by atoms with Crippen LogP contribution in [-0.4, -0.2) is 0 Å². The first-order chi connectivity index (χ1) is 4.61. The van der Waals surface area contributed by atoms with E-state index in [1.165, 1.54) is 5.56 Å². The molecule has 0 aliphatic carbocycles. The summed E-state index contributed by atoms with van der Waals surface area (Å²) in [5, 5.41) is 0. The van der Waals surface area contributed by atoms with E-state index in [0.717, 1.165) is 0 Å². The first-order valence-corrected chi connectivity index (χ1v) is 3.83. The van der Waals surface area contributed by atoms with E-state index < -0.39 is 0 Å². The summed E-state index contributed by atoms with van der Waals surface area (Å²) in [7, 11) is 0. The van der Waals surface area contributed by atoms with Gasteiger partial charge in [0.05, 0.1) is 0 Å². The summed E-state index contributed by atoms with van der Waals surface area (Å²) in [5.74, 6) is 0. The standard InChI is InChI=1S/C9H12S.BrH/c1-9(2,10)8-6-4-3-5-7-8;/h3-7,10H,1-2H3;1H. The molecule has 0 saturated carbocycles. The zero-order valence-corrected chi connectivity index (χ0v) is 9.35. The minimum Gasteiger partial charge on any atom is -0.168 e. The summed E-state index contributed by atoms with van der Waals surface area (Å²) >= 11 is 4.44. The van der Waals surface area contributed by atoms with Crippen molar-refractivity contribution in [3.05, 3.63) is 35.9 Å². The number of halogens is 1. The van der Waals surface area contributed by atoms with Crippen molar-refractivity contribution < 1.29 is 0 Å². The molecule has 0 bridgehead atoms. The van der Waals surface area contributed by atoms with Gasteiger partial charge < -0.3 is 0 Å². The molecule has 2 heteroatoms. The van der Waals surface area contributed by atoms with Crippen molar-refractivity contribution >= 4 is 29.6 Å². The molecule has 0 amide bonds. The van der Waals surface area contributed by atoms with Gasteiger partial charge in [-0.1, -0.05) is 30.3 Å². The van der Waals surface area contributed by atoms with E-state index in [4.69, 9.17) is 0 Å². The van der Waals surface area contributed by atoms with E-state index in [1.807, 2.05) is 18.2 Å². The molecule has 0 saturated heterocycles. The molecule has 0 heterocycles. The van der Waals surface area contributed by atoms with Crippen molar-refractivity contribution in [3.8, 4) is 0 Å². The lowest BCUT2D eigenvalue weighted by Gasteiger charge is -2.16. The van der Waals surface area contributed by atoms with Crippen molar-refractivity contribution in [3.63, 3.8) is 0 Å². The zero-order valence-electron chi connectivity index (χ0n) is 6.74. The van der Waals surface area contributed by atoms with Crippen LogP contribution >= 0.6 is 29.6 Å². The Morgan fingerprint density at radius 3 is 1.82 bits per heavy atom. The summed E-state index contributed by atoms with van der Waals surface area (Å²) in [6, 6.07) is 10.3. The average Bonchev–Trinajstić information content (AvgIpc) is 1.88. The molecule has 0 N–H and O–H groups in total. The van der Waals surface area contributed by atoms with Gasteiger partial charge in [0, 0.05) is 4.75 Å². The minimum atomic E-state index is -0.0126. The number of hydrogen-bond donors (Lipinski definition) is 1. The lowest BCUT2D eigenvalue weighted by molar-refractivity contribution is 0.791. The topological polar surface area (TPSA) is 0 Å². The van der Waals surface area contributed by atoms with Crippen molar-refractivity contribution in [2.75, 3.05) is 0 Å². The second-order valence-corrected chi connectivity index (χ2v) is 4.04. The summed E-state index contributed by atoms with van der Waals surface area (Å²) in [6.07, 6.45) is 0. The Morgan fingerprint density at radius 2 is 1.55 bits per heavy atom. The van der Waals surface area contributed by atoms with Gasteiger partial charge in [-0.05, 0) is 19.4 Å². The van der Waals surface area contributed by atoms with E-state index in [0.29, 0.717) is 0 Å². The number of hydrogen-bond acceptors (Lipinski definition) is 1. The van der Waals surface area contributed by atoms with Crippen LogP contribution in [0.4, 0.5) is 0 Å². The van der Waals surface area contributed by atoms with Crippen LogP contribution in [0.25, 0.3) is 0 Å². The number of benzene rings is 1. The number of thiol groups is 1. The molecule has 0 radical (unpaired) electrons. The van der Waals surface area contributed by atoms with Gasteiger partial charge >= 0.3 is 0 Å². The van der Waals surface area contributed by atoms with Gasteiger partial charge in [-0.15, -0.1) is 17.0 Å². The molecule has 11 heavy (non-hydrogen) atoms. The first kappa shape index (κ1) is 11.1. The van der Waals surface area contributed by atoms with E-state index >= 15 is 0 Å². The lowest BCUT2D eigenvalue weighted by Crippen LogP contribution is -2.06. The highest BCUT2D eigenvalue weighted by Crippen LogP contribution is 2.25. The van der Waals surface area contributed by atoms with Crippen LogP contribution in [0.5, 0.6) is 0 Å². The third-order valence-corrected chi connectivity index (χ3v) is 1.74. The van der Waals surface area contributed by atoms with Gasteiger partial charge in [0.15, 0.2) is 0 Å². The quantitative estimate of drug-likeness (QED) is 0.706. The fourth-order valence-corrected chi connectivity index (χ4v) is 0.995. The highest BCUT2D eigenvalue weighted by Gasteiger charge is 2.12. The summed E-state index contributed by atoms with van der Waals surface area (Å²) in [4.78, 5) is 0. The maximum Gasteiger partial charge on any atom is 0.0322 e. The van der Waals surface area contributed by atoms with Crippen molar-refractivity contribution in [2.45, 2.75) is 18.6 Å². The highest BCUT2D eigenvalue weighted by atomic mass is 79.9. The van der Waals surface area contributed by atoms with Crippen LogP contribution in [0.3, 0.4) is 0 Å². The first-order valence-electron chi connectivity index (χ1n) is 3.38. The Balaban J connectivity index is 0.000001000. The van der Waals surface area contributed by atoms with Crippen molar-refractivity contribution in [2.24, 2.45) is 0 Å². The Labute approximate surface area is 84.2 Å². The molecular weight excluding hydrogens is 220 g/mol. The van der Waals surface area contributed by atoms with Gasteiger partial charge in [-0.25, -0.2) is 0 Å². The zero-order chi connectivity index (χ0) is 7.61. The number of rotatable bonds is 1. The van der Waals surface area contributed by atoms with E-state index in [-0.39, 0.29) is 21.7 Å². The monoisotopic (exact) mass is 232 g/mol. The molecule has 0 nitrogen and oxygen atoms in total. The average molecular weight is 233 g/mol. The minimum absolute atomic E-state index is 0. The van der Waals surface area contributed by atoms with Crippen LogP contribution in [0.1, 0.15) is 19.4 Å². The SMILES string of the molecule is Br.CC(C)(S)c1ccccc1. The predicted octanol–water partition coefficient (Wildman–Crippen LogP) is 3.43. The largest absolute Gasteiger partial charge is 0.168 e. The third kappa shape index (κ3) is 3.30. The second kappa shape index (κ2) is 4.17. The van der Waals surface area contributed by atoms with Gasteiger partial charge in [-0.3, -0.25) is 0 Å². The molecule has 1 aromatic rings. The van der Waals surface area contributed by atoms with Crippen LogP contribution in [0.15, 0.2) is 30.3 Å². The van der Waals surface area contributed by atoms with E-state index in [1.54, 1.807) is 0 Å². The maximum atomic E-state index is 4.44. The molecule has 0 spiro atoms. The fraction of sp³-hybridized carbons (Fsp3) is 0.333. The molecule has 0 aromatic heterocycles. The third-order valence-electron chi connectivity index (χ3n) is 1.48. The van der Waals surface area contributed by atoms with Crippen LogP contribution in [0.2, 0.25) is 0 Å². The molecule has 0 aliphatic rings. The molecule has 0 aliphatic heterocycles. The van der Waals surface area contributed by atoms with E-state index in [2.05, 4.69) is 38.6 Å². The Morgan fingerprint density at radius 1 is 1.09 bits per heavy atom. The molecular formula is C9H13BrS. The van der Waals surface area contributed by atoms with Gasteiger partial charge in [0.2, 0.25) is 0 Å². The molecule has 62 valence electrons. The Hall–Kier alpha value is 0.0500. The van der Waals surface area contributed by atoms with Crippen molar-refractivity contribution in [1.29, 1.82) is 0 Å². The normalized spacial score (nSPS) is 10.5. The second-order valence-electron chi connectivity index (χ2n) is 2.93. The van der Waals surface area contributed by atoms with Gasteiger partial charge in [-0.2, -0.15) is 12.6 Å². The maximum absolute atomic E-state index is 4.44. The van der Waals surface area contributed by atoms with Crippen LogP contribution < -0.4 is 0 Å². The molecule has 1 rings (SSSR count). The molecule has 0 unspecified atom stereocenters. The van der Waals surface area contributed by atoms with Gasteiger partial charge in [0.25, 0.3) is 0 Å². The van der Waals surface area contributed by atoms with Crippen molar-refractivity contribution in [1.82, 2.24) is 0 Å². The Kier molecular flexibility index (Phi) is 4.19. The van der Waals surface area contributed by atoms with Crippen LogP contribution in [-0.2, 0) is 4.75 Å². The summed E-state index contributed by atoms with van der Waals surface area (Å²) < 4.78 is -0.0126. The molecule has 0 fully saturated rings. The lowest BCUT2D eigenvalue weighted by atomic mass is 10.0. The Bertz CT molecular complexity index is 201.